The van der Waals surface area contributed by atoms with E-state index in [4.69, 9.17) is 0 Å². The van der Waals surface area contributed by atoms with E-state index in [2.05, 4.69) is 57.2 Å². The highest BCUT2D eigenvalue weighted by Gasteiger charge is 2.56. The lowest BCUT2D eigenvalue weighted by Crippen LogP contribution is -2.16. The van der Waals surface area contributed by atoms with Gasteiger partial charge in [0, 0.05) is 15.7 Å². The SMILES string of the molecule is O=C(Nc1ccc(I)cn1)C1C2CCc3ccccc3C21. The molecule has 0 aliphatic heterocycles. The molecule has 1 fully saturated rings. The Labute approximate surface area is 137 Å². The third-order valence-corrected chi connectivity index (χ3v) is 5.25. The van der Waals surface area contributed by atoms with Crippen LogP contribution in [0.5, 0.6) is 0 Å². The summed E-state index contributed by atoms with van der Waals surface area (Å²) in [6, 6.07) is 12.4. The molecular weight excluding hydrogens is 375 g/mol. The number of carbonyl (C=O) groups excluding carboxylic acids is 1. The molecule has 0 saturated heterocycles. The summed E-state index contributed by atoms with van der Waals surface area (Å²) in [5.74, 6) is 1.82. The molecule has 2 aromatic rings. The molecule has 0 bridgehead atoms. The summed E-state index contributed by atoms with van der Waals surface area (Å²) in [5, 5.41) is 2.96. The molecule has 4 rings (SSSR count). The van der Waals surface area contributed by atoms with E-state index < -0.39 is 0 Å². The number of anilines is 1. The lowest BCUT2D eigenvalue weighted by atomic mass is 9.92. The number of rotatable bonds is 2. The molecular formula is C17H15IN2O. The summed E-state index contributed by atoms with van der Waals surface area (Å²) in [6.45, 7) is 0. The number of aromatic nitrogens is 1. The Bertz CT molecular complexity index is 698. The van der Waals surface area contributed by atoms with Crippen molar-refractivity contribution in [3.8, 4) is 0 Å². The molecule has 1 aromatic carbocycles. The van der Waals surface area contributed by atoms with E-state index in [1.54, 1.807) is 6.20 Å². The van der Waals surface area contributed by atoms with Gasteiger partial charge in [0.2, 0.25) is 5.91 Å². The number of hydrogen-bond acceptors (Lipinski definition) is 2. The number of benzene rings is 1. The van der Waals surface area contributed by atoms with Crippen molar-refractivity contribution in [1.82, 2.24) is 4.98 Å². The van der Waals surface area contributed by atoms with Gasteiger partial charge in [-0.25, -0.2) is 4.98 Å². The molecule has 106 valence electrons. The van der Waals surface area contributed by atoms with Crippen LogP contribution in [0.3, 0.4) is 0 Å². The fraction of sp³-hybridized carbons (Fsp3) is 0.294. The first-order chi connectivity index (χ1) is 10.2. The van der Waals surface area contributed by atoms with E-state index in [1.807, 2.05) is 12.1 Å². The summed E-state index contributed by atoms with van der Waals surface area (Å²) >= 11 is 2.21. The van der Waals surface area contributed by atoms with E-state index in [1.165, 1.54) is 11.1 Å². The normalized spacial score (nSPS) is 25.7. The highest BCUT2D eigenvalue weighted by molar-refractivity contribution is 14.1. The molecule has 21 heavy (non-hydrogen) atoms. The van der Waals surface area contributed by atoms with E-state index in [-0.39, 0.29) is 11.8 Å². The van der Waals surface area contributed by atoms with Gasteiger partial charge in [-0.15, -0.1) is 0 Å². The monoisotopic (exact) mass is 390 g/mol. The first kappa shape index (κ1) is 13.2. The number of carbonyl (C=O) groups is 1. The smallest absolute Gasteiger partial charge is 0.229 e. The molecule has 4 heteroatoms. The average molecular weight is 390 g/mol. The average Bonchev–Trinajstić information content (AvgIpc) is 3.25. The second-order valence-corrected chi connectivity index (χ2v) is 7.05. The molecule has 3 unspecified atom stereocenters. The Kier molecular flexibility index (Phi) is 3.21. The maximum atomic E-state index is 12.5. The molecule has 0 spiro atoms. The first-order valence-corrected chi connectivity index (χ1v) is 8.32. The lowest BCUT2D eigenvalue weighted by molar-refractivity contribution is -0.117. The van der Waals surface area contributed by atoms with E-state index in [0.29, 0.717) is 17.7 Å². The number of hydrogen-bond donors (Lipinski definition) is 1. The molecule has 1 amide bonds. The minimum atomic E-state index is 0.120. The van der Waals surface area contributed by atoms with Crippen molar-refractivity contribution in [3.63, 3.8) is 0 Å². The number of fused-ring (bicyclic) bond motifs is 3. The van der Waals surface area contributed by atoms with Crippen LogP contribution in [0.4, 0.5) is 5.82 Å². The van der Waals surface area contributed by atoms with Crippen LogP contribution in [0.25, 0.3) is 0 Å². The zero-order valence-electron chi connectivity index (χ0n) is 11.4. The van der Waals surface area contributed by atoms with Gasteiger partial charge in [-0.3, -0.25) is 4.79 Å². The fourth-order valence-corrected chi connectivity index (χ4v) is 3.90. The van der Waals surface area contributed by atoms with Crippen molar-refractivity contribution in [2.75, 3.05) is 5.32 Å². The van der Waals surface area contributed by atoms with Crippen LogP contribution < -0.4 is 5.32 Å². The van der Waals surface area contributed by atoms with Crippen LogP contribution >= 0.6 is 22.6 Å². The quantitative estimate of drug-likeness (QED) is 0.797. The second-order valence-electron chi connectivity index (χ2n) is 5.80. The minimum Gasteiger partial charge on any atom is -0.310 e. The van der Waals surface area contributed by atoms with Crippen molar-refractivity contribution in [1.29, 1.82) is 0 Å². The Hall–Kier alpha value is -1.43. The van der Waals surface area contributed by atoms with Gasteiger partial charge in [0.05, 0.1) is 0 Å². The molecule has 1 N–H and O–H groups in total. The Morgan fingerprint density at radius 1 is 1.24 bits per heavy atom. The number of nitrogens with one attached hydrogen (secondary N) is 1. The predicted octanol–water partition coefficient (Wildman–Crippen LogP) is 3.60. The lowest BCUT2D eigenvalue weighted by Gasteiger charge is -2.13. The summed E-state index contributed by atoms with van der Waals surface area (Å²) < 4.78 is 1.07. The van der Waals surface area contributed by atoms with E-state index >= 15 is 0 Å². The summed E-state index contributed by atoms with van der Waals surface area (Å²) in [6.07, 6.45) is 3.99. The minimum absolute atomic E-state index is 0.120. The van der Waals surface area contributed by atoms with Gasteiger partial charge < -0.3 is 5.32 Å². The zero-order chi connectivity index (χ0) is 14.4. The van der Waals surface area contributed by atoms with Gasteiger partial charge in [-0.1, -0.05) is 24.3 Å². The topological polar surface area (TPSA) is 42.0 Å². The highest BCUT2D eigenvalue weighted by atomic mass is 127. The van der Waals surface area contributed by atoms with Crippen LogP contribution in [-0.4, -0.2) is 10.9 Å². The molecule has 1 heterocycles. The van der Waals surface area contributed by atoms with Crippen molar-refractivity contribution in [3.05, 3.63) is 57.3 Å². The Morgan fingerprint density at radius 3 is 2.90 bits per heavy atom. The Morgan fingerprint density at radius 2 is 2.10 bits per heavy atom. The van der Waals surface area contributed by atoms with Crippen LogP contribution in [-0.2, 0) is 11.2 Å². The summed E-state index contributed by atoms with van der Waals surface area (Å²) in [4.78, 5) is 16.7. The molecule has 3 nitrogen and oxygen atoms in total. The molecule has 0 radical (unpaired) electrons. The van der Waals surface area contributed by atoms with E-state index in [9.17, 15) is 4.79 Å². The van der Waals surface area contributed by atoms with Gasteiger partial charge in [0.25, 0.3) is 0 Å². The zero-order valence-corrected chi connectivity index (χ0v) is 13.6. The van der Waals surface area contributed by atoms with Crippen LogP contribution in [0.15, 0.2) is 42.6 Å². The van der Waals surface area contributed by atoms with Crippen molar-refractivity contribution >= 4 is 34.3 Å². The highest BCUT2D eigenvalue weighted by Crippen LogP contribution is 2.60. The molecule has 2 aliphatic rings. The van der Waals surface area contributed by atoms with Crippen molar-refractivity contribution in [2.24, 2.45) is 11.8 Å². The first-order valence-electron chi connectivity index (χ1n) is 7.24. The Balaban J connectivity index is 1.52. The third-order valence-electron chi connectivity index (χ3n) is 4.61. The fourth-order valence-electron chi connectivity index (χ4n) is 3.58. The van der Waals surface area contributed by atoms with Gasteiger partial charge in [-0.05, 0) is 70.5 Å². The van der Waals surface area contributed by atoms with Crippen molar-refractivity contribution in [2.45, 2.75) is 18.8 Å². The number of amides is 1. The predicted molar refractivity (Wildman–Crippen MR) is 90.1 cm³/mol. The van der Waals surface area contributed by atoms with Gasteiger partial charge in [0.1, 0.15) is 5.82 Å². The van der Waals surface area contributed by atoms with Crippen molar-refractivity contribution < 1.29 is 4.79 Å². The molecule has 1 aromatic heterocycles. The summed E-state index contributed by atoms with van der Waals surface area (Å²) in [5.41, 5.74) is 2.80. The molecule has 1 saturated carbocycles. The van der Waals surface area contributed by atoms with Crippen LogP contribution in [0.1, 0.15) is 23.5 Å². The van der Waals surface area contributed by atoms with Gasteiger partial charge >= 0.3 is 0 Å². The molecule has 3 atom stereocenters. The second kappa shape index (κ2) is 5.09. The van der Waals surface area contributed by atoms with E-state index in [0.717, 1.165) is 16.4 Å². The third kappa shape index (κ3) is 2.35. The van der Waals surface area contributed by atoms with Gasteiger partial charge in [0.15, 0.2) is 0 Å². The largest absolute Gasteiger partial charge is 0.310 e. The number of pyridine rings is 1. The maximum Gasteiger partial charge on any atom is 0.229 e. The van der Waals surface area contributed by atoms with Crippen LogP contribution in [0.2, 0.25) is 0 Å². The maximum absolute atomic E-state index is 12.5. The number of aryl methyl sites for hydroxylation is 1. The summed E-state index contributed by atoms with van der Waals surface area (Å²) in [7, 11) is 0. The number of nitrogens with zero attached hydrogens (tertiary/aromatic N) is 1. The molecule has 2 aliphatic carbocycles. The number of halogens is 1. The van der Waals surface area contributed by atoms with Gasteiger partial charge in [-0.2, -0.15) is 0 Å². The standard InChI is InChI=1S/C17H15IN2O/c18-11-6-8-14(19-9-11)20-17(21)16-13-7-5-10-3-1-2-4-12(10)15(13)16/h1-4,6,8-9,13,15-16H,5,7H2,(H,19,20,21). The van der Waals surface area contributed by atoms with Crippen LogP contribution in [0, 0.1) is 15.4 Å².